The monoisotopic (exact) mass is 271 g/mol. The minimum absolute atomic E-state index is 0.0324. The molecule has 98 valence electrons. The normalized spacial score (nSPS) is 23.7. The highest BCUT2D eigenvalue weighted by Gasteiger charge is 2.27. The first-order chi connectivity index (χ1) is 8.58. The van der Waals surface area contributed by atoms with Crippen LogP contribution in [0.25, 0.3) is 0 Å². The van der Waals surface area contributed by atoms with Gasteiger partial charge in [-0.15, -0.1) is 0 Å². The molecular weight excluding hydrogens is 258 g/mol. The number of aromatic nitrogens is 1. The molecule has 0 aromatic carbocycles. The summed E-state index contributed by atoms with van der Waals surface area (Å²) < 4.78 is 5.64. The van der Waals surface area contributed by atoms with Gasteiger partial charge in [-0.05, 0) is 18.9 Å². The number of nitro groups is 1. The van der Waals surface area contributed by atoms with Crippen molar-refractivity contribution in [1.29, 1.82) is 0 Å². The number of nitrogens with zero attached hydrogens (tertiary/aromatic N) is 2. The molecule has 2 atom stereocenters. The summed E-state index contributed by atoms with van der Waals surface area (Å²) in [5.41, 5.74) is -0.194. The molecule has 0 aliphatic carbocycles. The van der Waals surface area contributed by atoms with Crippen LogP contribution in [0.2, 0.25) is 5.02 Å². The van der Waals surface area contributed by atoms with Gasteiger partial charge in [-0.25, -0.2) is 4.98 Å². The molecule has 6 nitrogen and oxygen atoms in total. The van der Waals surface area contributed by atoms with Gasteiger partial charge in [0.2, 0.25) is 0 Å². The van der Waals surface area contributed by atoms with E-state index in [0.29, 0.717) is 12.5 Å². The molecule has 1 aliphatic heterocycles. The molecule has 7 heteroatoms. The summed E-state index contributed by atoms with van der Waals surface area (Å²) in [7, 11) is 0. The summed E-state index contributed by atoms with van der Waals surface area (Å²) in [5.74, 6) is 0.369. The summed E-state index contributed by atoms with van der Waals surface area (Å²) in [5, 5.41) is 14.3. The topological polar surface area (TPSA) is 77.3 Å². The molecule has 0 spiro atoms. The van der Waals surface area contributed by atoms with E-state index in [9.17, 15) is 10.1 Å². The predicted octanol–water partition coefficient (Wildman–Crippen LogP) is 2.02. The molecular formula is C11H14ClN3O3. The van der Waals surface area contributed by atoms with Crippen LogP contribution in [0.1, 0.15) is 13.3 Å². The van der Waals surface area contributed by atoms with Crippen LogP contribution in [0.5, 0.6) is 5.88 Å². The quantitative estimate of drug-likeness (QED) is 0.672. The summed E-state index contributed by atoms with van der Waals surface area (Å²) in [4.78, 5) is 14.3. The summed E-state index contributed by atoms with van der Waals surface area (Å²) in [6, 6.07) is 1.25. The maximum Gasteiger partial charge on any atom is 0.332 e. The number of hydrogen-bond acceptors (Lipinski definition) is 5. The van der Waals surface area contributed by atoms with Crippen molar-refractivity contribution in [3.63, 3.8) is 0 Å². The van der Waals surface area contributed by atoms with Gasteiger partial charge < -0.3 is 10.1 Å². The van der Waals surface area contributed by atoms with E-state index >= 15 is 0 Å². The Kier molecular flexibility index (Phi) is 3.98. The average molecular weight is 272 g/mol. The van der Waals surface area contributed by atoms with Crippen LogP contribution in [0.4, 0.5) is 5.69 Å². The molecule has 2 rings (SSSR count). The average Bonchev–Trinajstić information content (AvgIpc) is 2.34. The molecule has 0 bridgehead atoms. The second kappa shape index (κ2) is 5.49. The molecule has 0 saturated carbocycles. The van der Waals surface area contributed by atoms with Crippen LogP contribution in [0.3, 0.4) is 0 Å². The largest absolute Gasteiger partial charge is 0.468 e. The van der Waals surface area contributed by atoms with Crippen LogP contribution >= 0.6 is 11.6 Å². The highest BCUT2D eigenvalue weighted by molar-refractivity contribution is 6.30. The number of piperidine rings is 1. The van der Waals surface area contributed by atoms with E-state index < -0.39 is 4.92 Å². The third kappa shape index (κ3) is 2.88. The van der Waals surface area contributed by atoms with E-state index in [1.807, 2.05) is 0 Å². The van der Waals surface area contributed by atoms with E-state index in [1.54, 1.807) is 0 Å². The van der Waals surface area contributed by atoms with E-state index in [4.69, 9.17) is 16.3 Å². The molecule has 1 aromatic heterocycles. The zero-order valence-corrected chi connectivity index (χ0v) is 10.7. The van der Waals surface area contributed by atoms with Gasteiger partial charge in [-0.2, -0.15) is 0 Å². The van der Waals surface area contributed by atoms with Gasteiger partial charge >= 0.3 is 5.69 Å². The molecule has 1 saturated heterocycles. The van der Waals surface area contributed by atoms with Gasteiger partial charge in [0.1, 0.15) is 6.10 Å². The van der Waals surface area contributed by atoms with Crippen molar-refractivity contribution >= 4 is 17.3 Å². The summed E-state index contributed by atoms with van der Waals surface area (Å²) >= 11 is 5.70. The van der Waals surface area contributed by atoms with Crippen molar-refractivity contribution in [2.24, 2.45) is 5.92 Å². The Hall–Kier alpha value is -1.40. The van der Waals surface area contributed by atoms with Gasteiger partial charge in [-0.3, -0.25) is 10.1 Å². The van der Waals surface area contributed by atoms with Gasteiger partial charge in [0.05, 0.1) is 16.1 Å². The molecule has 2 heterocycles. The first-order valence-corrected chi connectivity index (χ1v) is 6.13. The van der Waals surface area contributed by atoms with Crippen molar-refractivity contribution in [1.82, 2.24) is 10.3 Å². The van der Waals surface area contributed by atoms with E-state index in [0.717, 1.165) is 13.0 Å². The number of pyridine rings is 1. The van der Waals surface area contributed by atoms with E-state index in [1.165, 1.54) is 12.3 Å². The first kappa shape index (κ1) is 13.0. The van der Waals surface area contributed by atoms with Crippen molar-refractivity contribution in [2.45, 2.75) is 19.4 Å². The number of nitrogens with one attached hydrogen (secondary N) is 1. The zero-order valence-electron chi connectivity index (χ0n) is 9.93. The summed E-state index contributed by atoms with van der Waals surface area (Å²) in [6.07, 6.45) is 2.22. The van der Waals surface area contributed by atoms with Crippen LogP contribution in [0, 0.1) is 16.0 Å². The SMILES string of the molecule is CC1CCNCC1Oc1ncc(Cl)cc1[N+](=O)[O-]. The minimum atomic E-state index is -0.533. The lowest BCUT2D eigenvalue weighted by atomic mass is 9.97. The highest BCUT2D eigenvalue weighted by atomic mass is 35.5. The van der Waals surface area contributed by atoms with Gasteiger partial charge in [0.25, 0.3) is 5.88 Å². The van der Waals surface area contributed by atoms with Gasteiger partial charge in [-0.1, -0.05) is 18.5 Å². The lowest BCUT2D eigenvalue weighted by Crippen LogP contribution is -2.43. The molecule has 1 fully saturated rings. The van der Waals surface area contributed by atoms with Crippen LogP contribution in [0.15, 0.2) is 12.3 Å². The lowest BCUT2D eigenvalue weighted by molar-refractivity contribution is -0.386. The number of halogens is 1. The fourth-order valence-corrected chi connectivity index (χ4v) is 2.05. The third-order valence-corrected chi connectivity index (χ3v) is 3.22. The van der Waals surface area contributed by atoms with Crippen LogP contribution in [-0.2, 0) is 0 Å². The fraction of sp³-hybridized carbons (Fsp3) is 0.545. The maximum absolute atomic E-state index is 10.9. The van der Waals surface area contributed by atoms with Gasteiger partial charge in [0, 0.05) is 12.6 Å². The number of rotatable bonds is 3. The number of ether oxygens (including phenoxy) is 1. The minimum Gasteiger partial charge on any atom is -0.468 e. The first-order valence-electron chi connectivity index (χ1n) is 5.75. The van der Waals surface area contributed by atoms with E-state index in [2.05, 4.69) is 17.2 Å². The maximum atomic E-state index is 10.9. The molecule has 1 aliphatic rings. The second-order valence-electron chi connectivity index (χ2n) is 4.36. The zero-order chi connectivity index (χ0) is 13.1. The lowest BCUT2D eigenvalue weighted by Gasteiger charge is -2.29. The molecule has 1 aromatic rings. The van der Waals surface area contributed by atoms with Gasteiger partial charge in [0.15, 0.2) is 0 Å². The second-order valence-corrected chi connectivity index (χ2v) is 4.80. The Balaban J connectivity index is 2.20. The third-order valence-electron chi connectivity index (χ3n) is 3.02. The smallest absolute Gasteiger partial charge is 0.332 e. The Morgan fingerprint density at radius 2 is 2.44 bits per heavy atom. The highest BCUT2D eigenvalue weighted by Crippen LogP contribution is 2.29. The van der Waals surface area contributed by atoms with Crippen molar-refractivity contribution < 1.29 is 9.66 Å². The van der Waals surface area contributed by atoms with Crippen molar-refractivity contribution in [3.05, 3.63) is 27.4 Å². The molecule has 0 radical (unpaired) electrons. The molecule has 0 amide bonds. The Bertz CT molecular complexity index is 455. The van der Waals surface area contributed by atoms with Crippen molar-refractivity contribution in [2.75, 3.05) is 13.1 Å². The predicted molar refractivity (Wildman–Crippen MR) is 67.0 cm³/mol. The fourth-order valence-electron chi connectivity index (χ4n) is 1.90. The number of hydrogen-bond donors (Lipinski definition) is 1. The van der Waals surface area contributed by atoms with Crippen molar-refractivity contribution in [3.8, 4) is 5.88 Å². The molecule has 2 unspecified atom stereocenters. The van der Waals surface area contributed by atoms with E-state index in [-0.39, 0.29) is 22.7 Å². The molecule has 1 N–H and O–H groups in total. The Labute approximate surface area is 109 Å². The van der Waals surface area contributed by atoms with Crippen LogP contribution < -0.4 is 10.1 Å². The standard InChI is InChI=1S/C11H14ClN3O3/c1-7-2-3-13-6-10(7)18-11-9(15(16)17)4-8(12)5-14-11/h4-5,7,10,13H,2-3,6H2,1H3. The molecule has 18 heavy (non-hydrogen) atoms. The Morgan fingerprint density at radius 3 is 3.11 bits per heavy atom. The summed E-state index contributed by atoms with van der Waals surface area (Å²) in [6.45, 7) is 3.67. The van der Waals surface area contributed by atoms with Crippen LogP contribution in [-0.4, -0.2) is 29.1 Å². The Morgan fingerprint density at radius 1 is 1.67 bits per heavy atom.